The summed E-state index contributed by atoms with van der Waals surface area (Å²) < 4.78 is 27.8. The third-order valence-electron chi connectivity index (χ3n) is 5.90. The molecule has 142 valence electrons. The molecule has 2 heterocycles. The standard InChI is InChI=1S/C19H33N3O2S/c1-3-4-12-22-18(14-21-11-6-5-8-16(21)2)13-20-19(22)25(23,24)15-17-9-7-10-17/h13,16-17H,3-12,14-15H2,1-2H3. The Morgan fingerprint density at radius 3 is 2.64 bits per heavy atom. The molecule has 0 radical (unpaired) electrons. The molecule has 1 aromatic heterocycles. The van der Waals surface area contributed by atoms with E-state index in [0.29, 0.717) is 17.1 Å². The van der Waals surface area contributed by atoms with Gasteiger partial charge in [0.25, 0.3) is 0 Å². The van der Waals surface area contributed by atoms with E-state index in [2.05, 4.69) is 23.7 Å². The zero-order chi connectivity index (χ0) is 17.9. The van der Waals surface area contributed by atoms with Gasteiger partial charge in [0.2, 0.25) is 15.0 Å². The van der Waals surface area contributed by atoms with Gasteiger partial charge in [-0.15, -0.1) is 0 Å². The number of nitrogens with zero attached hydrogens (tertiary/aromatic N) is 3. The lowest BCUT2D eigenvalue weighted by molar-refractivity contribution is 0.148. The summed E-state index contributed by atoms with van der Waals surface area (Å²) in [4.78, 5) is 6.87. The topological polar surface area (TPSA) is 55.2 Å². The fourth-order valence-corrected chi connectivity index (χ4v) is 5.83. The van der Waals surface area contributed by atoms with E-state index < -0.39 is 9.84 Å². The van der Waals surface area contributed by atoms with Crippen LogP contribution in [-0.2, 0) is 22.9 Å². The van der Waals surface area contributed by atoms with Crippen LogP contribution in [0, 0.1) is 5.92 Å². The number of sulfone groups is 1. The molecule has 2 fully saturated rings. The lowest BCUT2D eigenvalue weighted by Gasteiger charge is -2.33. The Morgan fingerprint density at radius 1 is 1.20 bits per heavy atom. The van der Waals surface area contributed by atoms with Gasteiger partial charge in [0.05, 0.1) is 17.6 Å². The Hall–Kier alpha value is -0.880. The van der Waals surface area contributed by atoms with E-state index in [0.717, 1.165) is 51.0 Å². The van der Waals surface area contributed by atoms with Crippen molar-refractivity contribution in [2.75, 3.05) is 12.3 Å². The van der Waals surface area contributed by atoms with Crippen molar-refractivity contribution in [3.05, 3.63) is 11.9 Å². The van der Waals surface area contributed by atoms with E-state index in [-0.39, 0.29) is 5.75 Å². The molecule has 2 aliphatic rings. The maximum absolute atomic E-state index is 12.9. The lowest BCUT2D eigenvalue weighted by Crippen LogP contribution is -2.37. The molecule has 25 heavy (non-hydrogen) atoms. The molecule has 0 N–H and O–H groups in total. The van der Waals surface area contributed by atoms with Gasteiger partial charge in [-0.25, -0.2) is 13.4 Å². The fourth-order valence-electron chi connectivity index (χ4n) is 3.97. The number of hydrogen-bond acceptors (Lipinski definition) is 4. The maximum atomic E-state index is 12.9. The van der Waals surface area contributed by atoms with E-state index >= 15 is 0 Å². The molecule has 1 aliphatic carbocycles. The largest absolute Gasteiger partial charge is 0.318 e. The highest BCUT2D eigenvalue weighted by atomic mass is 32.2. The second kappa shape index (κ2) is 8.21. The monoisotopic (exact) mass is 367 g/mol. The number of unbranched alkanes of at least 4 members (excludes halogenated alkanes) is 1. The van der Waals surface area contributed by atoms with Crippen molar-refractivity contribution in [2.45, 2.75) is 89.5 Å². The number of likely N-dealkylation sites (tertiary alicyclic amines) is 1. The predicted octanol–water partition coefficient (Wildman–Crippen LogP) is 3.63. The van der Waals surface area contributed by atoms with Gasteiger partial charge in [-0.05, 0) is 51.5 Å². The van der Waals surface area contributed by atoms with Crippen molar-refractivity contribution in [1.82, 2.24) is 14.5 Å². The molecule has 1 aromatic rings. The molecule has 1 saturated heterocycles. The molecule has 0 bridgehead atoms. The molecule has 6 heteroatoms. The molecule has 0 spiro atoms. The summed E-state index contributed by atoms with van der Waals surface area (Å²) in [6.45, 7) is 7.10. The van der Waals surface area contributed by atoms with Crippen LogP contribution in [0.25, 0.3) is 0 Å². The number of piperidine rings is 1. The zero-order valence-corrected chi connectivity index (χ0v) is 16.6. The van der Waals surface area contributed by atoms with Gasteiger partial charge in [-0.3, -0.25) is 4.90 Å². The molecular weight excluding hydrogens is 334 g/mol. The molecule has 5 nitrogen and oxygen atoms in total. The predicted molar refractivity (Wildman–Crippen MR) is 100 cm³/mol. The Labute approximate surface area is 152 Å². The minimum absolute atomic E-state index is 0.274. The highest BCUT2D eigenvalue weighted by molar-refractivity contribution is 7.91. The van der Waals surface area contributed by atoms with Crippen LogP contribution in [0.3, 0.4) is 0 Å². The highest BCUT2D eigenvalue weighted by Crippen LogP contribution is 2.30. The minimum Gasteiger partial charge on any atom is -0.318 e. The average molecular weight is 368 g/mol. The van der Waals surface area contributed by atoms with Crippen LogP contribution in [0.15, 0.2) is 11.4 Å². The Morgan fingerprint density at radius 2 is 2.00 bits per heavy atom. The van der Waals surface area contributed by atoms with Crippen molar-refractivity contribution >= 4 is 9.84 Å². The summed E-state index contributed by atoms with van der Waals surface area (Å²) >= 11 is 0. The van der Waals surface area contributed by atoms with Crippen molar-refractivity contribution < 1.29 is 8.42 Å². The van der Waals surface area contributed by atoms with E-state index in [9.17, 15) is 8.42 Å². The van der Waals surface area contributed by atoms with Crippen molar-refractivity contribution in [1.29, 1.82) is 0 Å². The van der Waals surface area contributed by atoms with Crippen molar-refractivity contribution in [3.8, 4) is 0 Å². The number of aromatic nitrogens is 2. The van der Waals surface area contributed by atoms with Gasteiger partial charge < -0.3 is 4.57 Å². The third kappa shape index (κ3) is 4.45. The SMILES string of the molecule is CCCCn1c(CN2CCCCC2C)cnc1S(=O)(=O)CC1CCC1. The summed E-state index contributed by atoms with van der Waals surface area (Å²) in [5.41, 5.74) is 1.06. The quantitative estimate of drug-likeness (QED) is 0.704. The first-order chi connectivity index (χ1) is 12.0. The second-order valence-electron chi connectivity index (χ2n) is 7.93. The van der Waals surface area contributed by atoms with E-state index in [1.54, 1.807) is 0 Å². The Kier molecular flexibility index (Phi) is 6.21. The van der Waals surface area contributed by atoms with Gasteiger partial charge >= 0.3 is 0 Å². The van der Waals surface area contributed by atoms with Gasteiger partial charge in [0.1, 0.15) is 0 Å². The number of imidazole rings is 1. The lowest BCUT2D eigenvalue weighted by atomic mass is 9.87. The number of rotatable bonds is 8. The Balaban J connectivity index is 1.81. The van der Waals surface area contributed by atoms with Crippen molar-refractivity contribution in [2.24, 2.45) is 5.92 Å². The van der Waals surface area contributed by atoms with E-state index in [4.69, 9.17) is 0 Å². The van der Waals surface area contributed by atoms with E-state index in [1.165, 1.54) is 25.7 Å². The molecule has 0 amide bonds. The summed E-state index contributed by atoms with van der Waals surface area (Å²) in [6.07, 6.45) is 10.9. The minimum atomic E-state index is -3.28. The molecular formula is C19H33N3O2S. The van der Waals surface area contributed by atoms with Gasteiger partial charge in [-0.2, -0.15) is 0 Å². The second-order valence-corrected chi connectivity index (χ2v) is 9.86. The third-order valence-corrected chi connectivity index (χ3v) is 7.69. The number of hydrogen-bond donors (Lipinski definition) is 0. The van der Waals surface area contributed by atoms with Crippen LogP contribution >= 0.6 is 0 Å². The molecule has 3 rings (SSSR count). The molecule has 1 aliphatic heterocycles. The van der Waals surface area contributed by atoms with Gasteiger partial charge in [0, 0.05) is 19.1 Å². The van der Waals surface area contributed by atoms with Crippen LogP contribution in [0.1, 0.15) is 70.9 Å². The summed E-state index contributed by atoms with van der Waals surface area (Å²) in [5.74, 6) is 0.613. The molecule has 0 aromatic carbocycles. The Bertz CT molecular complexity index is 664. The fraction of sp³-hybridized carbons (Fsp3) is 0.842. The highest BCUT2D eigenvalue weighted by Gasteiger charge is 2.30. The first-order valence-electron chi connectivity index (χ1n) is 10.0. The van der Waals surface area contributed by atoms with Crippen LogP contribution < -0.4 is 0 Å². The molecule has 1 atom stereocenters. The summed E-state index contributed by atoms with van der Waals surface area (Å²) in [5, 5.41) is 0.313. The van der Waals surface area contributed by atoms with Gasteiger partial charge in [0.15, 0.2) is 0 Å². The van der Waals surface area contributed by atoms with E-state index in [1.807, 2.05) is 10.8 Å². The van der Waals surface area contributed by atoms with Crippen LogP contribution in [0.5, 0.6) is 0 Å². The molecule has 1 unspecified atom stereocenters. The first-order valence-corrected chi connectivity index (χ1v) is 11.7. The summed E-state index contributed by atoms with van der Waals surface area (Å²) in [6, 6.07) is 0.568. The normalized spacial score (nSPS) is 22.9. The van der Waals surface area contributed by atoms with Crippen LogP contribution in [-0.4, -0.2) is 41.2 Å². The van der Waals surface area contributed by atoms with Gasteiger partial charge in [-0.1, -0.05) is 26.2 Å². The van der Waals surface area contributed by atoms with Crippen LogP contribution in [0.4, 0.5) is 0 Å². The first kappa shape index (κ1) is 18.9. The van der Waals surface area contributed by atoms with Crippen molar-refractivity contribution in [3.63, 3.8) is 0 Å². The van der Waals surface area contributed by atoms with Crippen LogP contribution in [0.2, 0.25) is 0 Å². The zero-order valence-electron chi connectivity index (χ0n) is 15.8. The maximum Gasteiger partial charge on any atom is 0.227 e. The smallest absolute Gasteiger partial charge is 0.227 e. The average Bonchev–Trinajstić information content (AvgIpc) is 2.95. The summed E-state index contributed by atoms with van der Waals surface area (Å²) in [7, 11) is -3.28. The molecule has 1 saturated carbocycles.